The first-order chi connectivity index (χ1) is 8.04. The average Bonchev–Trinajstić information content (AvgIpc) is 3.06. The zero-order chi connectivity index (χ0) is 12.8. The molecule has 2 heteroatoms. The largest absolute Gasteiger partial charge is 0.312 e. The molecule has 1 N–H and O–H groups in total. The lowest BCUT2D eigenvalue weighted by atomic mass is 10.0. The highest BCUT2D eigenvalue weighted by Crippen LogP contribution is 2.20. The summed E-state index contributed by atoms with van der Waals surface area (Å²) in [5.74, 6) is 0.797. The molecule has 1 saturated carbocycles. The van der Waals surface area contributed by atoms with Gasteiger partial charge in [-0.1, -0.05) is 27.2 Å². The van der Waals surface area contributed by atoms with Crippen LogP contribution in [0.15, 0.2) is 0 Å². The molecule has 0 bridgehead atoms. The maximum atomic E-state index is 3.69. The molecule has 1 aliphatic rings. The number of hydrogen-bond acceptors (Lipinski definition) is 2. The predicted molar refractivity (Wildman–Crippen MR) is 76.4 cm³/mol. The molecule has 0 aromatic carbocycles. The van der Waals surface area contributed by atoms with Gasteiger partial charge in [-0.05, 0) is 45.6 Å². The van der Waals surface area contributed by atoms with E-state index in [0.717, 1.165) is 12.0 Å². The summed E-state index contributed by atoms with van der Waals surface area (Å²) in [5.41, 5.74) is 0. The third-order valence-electron chi connectivity index (χ3n) is 3.93. The van der Waals surface area contributed by atoms with E-state index in [1.54, 1.807) is 0 Å². The molecule has 0 heterocycles. The van der Waals surface area contributed by atoms with Gasteiger partial charge in [-0.2, -0.15) is 0 Å². The minimum absolute atomic E-state index is 0.701. The van der Waals surface area contributed by atoms with Crippen LogP contribution < -0.4 is 5.32 Å². The Balaban J connectivity index is 2.36. The van der Waals surface area contributed by atoms with E-state index in [4.69, 9.17) is 0 Å². The zero-order valence-electron chi connectivity index (χ0n) is 12.5. The SMILES string of the molecule is CCCC(CNC1CC1)N(C)C(C)CC(C)C. The van der Waals surface area contributed by atoms with Gasteiger partial charge in [0.05, 0.1) is 0 Å². The van der Waals surface area contributed by atoms with Crippen molar-refractivity contribution in [3.63, 3.8) is 0 Å². The fraction of sp³-hybridized carbons (Fsp3) is 1.00. The molecule has 2 atom stereocenters. The van der Waals surface area contributed by atoms with E-state index in [9.17, 15) is 0 Å². The van der Waals surface area contributed by atoms with Gasteiger partial charge in [0, 0.05) is 24.7 Å². The smallest absolute Gasteiger partial charge is 0.0220 e. The molecule has 0 radical (unpaired) electrons. The van der Waals surface area contributed by atoms with Crippen molar-refractivity contribution in [1.82, 2.24) is 10.2 Å². The van der Waals surface area contributed by atoms with Crippen LogP contribution in [-0.2, 0) is 0 Å². The van der Waals surface area contributed by atoms with Crippen molar-refractivity contribution in [2.24, 2.45) is 5.92 Å². The van der Waals surface area contributed by atoms with Crippen molar-refractivity contribution in [1.29, 1.82) is 0 Å². The fourth-order valence-corrected chi connectivity index (χ4v) is 2.58. The van der Waals surface area contributed by atoms with Crippen LogP contribution in [0.5, 0.6) is 0 Å². The predicted octanol–water partition coefficient (Wildman–Crippen LogP) is 3.27. The summed E-state index contributed by atoms with van der Waals surface area (Å²) >= 11 is 0. The minimum Gasteiger partial charge on any atom is -0.312 e. The second-order valence-corrected chi connectivity index (χ2v) is 6.27. The van der Waals surface area contributed by atoms with Crippen molar-refractivity contribution in [2.45, 2.75) is 77.9 Å². The van der Waals surface area contributed by atoms with Crippen LogP contribution in [-0.4, -0.2) is 36.6 Å². The van der Waals surface area contributed by atoms with Gasteiger partial charge in [0.15, 0.2) is 0 Å². The summed E-state index contributed by atoms with van der Waals surface area (Å²) in [4.78, 5) is 2.60. The lowest BCUT2D eigenvalue weighted by Gasteiger charge is -2.34. The molecule has 0 aromatic rings. The Morgan fingerprint density at radius 1 is 1.24 bits per heavy atom. The zero-order valence-corrected chi connectivity index (χ0v) is 12.5. The van der Waals surface area contributed by atoms with E-state index in [1.807, 2.05) is 0 Å². The summed E-state index contributed by atoms with van der Waals surface area (Å²) in [6.07, 6.45) is 6.70. The van der Waals surface area contributed by atoms with Crippen LogP contribution in [0.1, 0.15) is 59.8 Å². The van der Waals surface area contributed by atoms with Gasteiger partial charge in [-0.3, -0.25) is 4.90 Å². The molecule has 2 unspecified atom stereocenters. The molecule has 0 saturated heterocycles. The van der Waals surface area contributed by atoms with Gasteiger partial charge in [0.25, 0.3) is 0 Å². The van der Waals surface area contributed by atoms with Gasteiger partial charge < -0.3 is 5.32 Å². The molecule has 1 fully saturated rings. The van der Waals surface area contributed by atoms with Crippen LogP contribution in [0.2, 0.25) is 0 Å². The fourth-order valence-electron chi connectivity index (χ4n) is 2.58. The maximum absolute atomic E-state index is 3.69. The normalized spacial score (nSPS) is 19.9. The summed E-state index contributed by atoms with van der Waals surface area (Å²) < 4.78 is 0. The summed E-state index contributed by atoms with van der Waals surface area (Å²) in [5, 5.41) is 3.69. The van der Waals surface area contributed by atoms with E-state index in [1.165, 1.54) is 38.6 Å². The molecule has 1 rings (SSSR count). The molecule has 17 heavy (non-hydrogen) atoms. The first kappa shape index (κ1) is 15.0. The van der Waals surface area contributed by atoms with Gasteiger partial charge in [0.2, 0.25) is 0 Å². The molecule has 102 valence electrons. The number of hydrogen-bond donors (Lipinski definition) is 1. The molecule has 0 aromatic heterocycles. The molecule has 0 aliphatic heterocycles. The number of likely N-dealkylation sites (N-methyl/N-ethyl adjacent to an activating group) is 1. The van der Waals surface area contributed by atoms with Crippen molar-refractivity contribution < 1.29 is 0 Å². The van der Waals surface area contributed by atoms with Crippen molar-refractivity contribution in [3.05, 3.63) is 0 Å². The highest BCUT2D eigenvalue weighted by atomic mass is 15.2. The number of rotatable bonds is 9. The van der Waals surface area contributed by atoms with Gasteiger partial charge >= 0.3 is 0 Å². The van der Waals surface area contributed by atoms with Crippen LogP contribution >= 0.6 is 0 Å². The Bertz CT molecular complexity index is 199. The second-order valence-electron chi connectivity index (χ2n) is 6.27. The highest BCUT2D eigenvalue weighted by molar-refractivity contribution is 4.84. The average molecular weight is 240 g/mol. The van der Waals surface area contributed by atoms with E-state index in [0.29, 0.717) is 12.1 Å². The molecular formula is C15H32N2. The molecule has 0 amide bonds. The minimum atomic E-state index is 0.701. The van der Waals surface area contributed by atoms with Crippen molar-refractivity contribution in [2.75, 3.05) is 13.6 Å². The first-order valence-corrected chi connectivity index (χ1v) is 7.49. The first-order valence-electron chi connectivity index (χ1n) is 7.49. The topological polar surface area (TPSA) is 15.3 Å². The second kappa shape index (κ2) is 7.38. The monoisotopic (exact) mass is 240 g/mol. The third-order valence-corrected chi connectivity index (χ3v) is 3.93. The Hall–Kier alpha value is -0.0800. The van der Waals surface area contributed by atoms with Crippen LogP contribution in [0.3, 0.4) is 0 Å². The van der Waals surface area contributed by atoms with E-state index < -0.39 is 0 Å². The standard InChI is InChI=1S/C15H32N2/c1-6-7-15(11-16-14-8-9-14)17(5)13(4)10-12(2)3/h12-16H,6-11H2,1-5H3. The van der Waals surface area contributed by atoms with Gasteiger partial charge in [-0.25, -0.2) is 0 Å². The Morgan fingerprint density at radius 2 is 1.88 bits per heavy atom. The maximum Gasteiger partial charge on any atom is 0.0220 e. The Kier molecular flexibility index (Phi) is 6.50. The van der Waals surface area contributed by atoms with Gasteiger partial charge in [0.1, 0.15) is 0 Å². The summed E-state index contributed by atoms with van der Waals surface area (Å²) in [6, 6.07) is 2.25. The summed E-state index contributed by atoms with van der Waals surface area (Å²) in [7, 11) is 2.31. The Morgan fingerprint density at radius 3 is 2.35 bits per heavy atom. The van der Waals surface area contributed by atoms with E-state index >= 15 is 0 Å². The molecule has 2 nitrogen and oxygen atoms in total. The summed E-state index contributed by atoms with van der Waals surface area (Å²) in [6.45, 7) is 10.5. The third kappa shape index (κ3) is 5.87. The number of nitrogens with zero attached hydrogens (tertiary/aromatic N) is 1. The lowest BCUT2D eigenvalue weighted by Crippen LogP contribution is -2.45. The highest BCUT2D eigenvalue weighted by Gasteiger charge is 2.24. The number of nitrogens with one attached hydrogen (secondary N) is 1. The van der Waals surface area contributed by atoms with E-state index in [2.05, 4.69) is 45.0 Å². The Labute approximate surface area is 108 Å². The quantitative estimate of drug-likeness (QED) is 0.665. The molecular weight excluding hydrogens is 208 g/mol. The lowest BCUT2D eigenvalue weighted by molar-refractivity contribution is 0.152. The molecule has 1 aliphatic carbocycles. The van der Waals surface area contributed by atoms with E-state index in [-0.39, 0.29) is 0 Å². The van der Waals surface area contributed by atoms with Crippen molar-refractivity contribution in [3.8, 4) is 0 Å². The van der Waals surface area contributed by atoms with Crippen molar-refractivity contribution >= 4 is 0 Å². The van der Waals surface area contributed by atoms with Crippen LogP contribution in [0, 0.1) is 5.92 Å². The van der Waals surface area contributed by atoms with Gasteiger partial charge in [-0.15, -0.1) is 0 Å². The van der Waals surface area contributed by atoms with Crippen LogP contribution in [0.4, 0.5) is 0 Å². The molecule has 0 spiro atoms. The van der Waals surface area contributed by atoms with Crippen LogP contribution in [0.25, 0.3) is 0 Å².